The van der Waals surface area contributed by atoms with Crippen molar-refractivity contribution < 1.29 is 9.00 Å². The first-order valence-electron chi connectivity index (χ1n) is 10.3. The Hall–Kier alpha value is -2.92. The summed E-state index contributed by atoms with van der Waals surface area (Å²) in [6.45, 7) is 5.42. The Balaban J connectivity index is 1.67. The van der Waals surface area contributed by atoms with E-state index < -0.39 is 10.8 Å². The fourth-order valence-corrected chi connectivity index (χ4v) is 5.03. The predicted octanol–water partition coefficient (Wildman–Crippen LogP) is 5.21. The first-order valence-corrected chi connectivity index (χ1v) is 11.6. The van der Waals surface area contributed by atoms with Crippen molar-refractivity contribution in [2.75, 3.05) is 12.8 Å². The highest BCUT2D eigenvalue weighted by atomic mass is 32.2. The topological polar surface area (TPSA) is 42.3 Å². The van der Waals surface area contributed by atoms with Crippen molar-refractivity contribution in [1.29, 1.82) is 0 Å². The Morgan fingerprint density at radius 1 is 0.933 bits per heavy atom. The molecule has 4 nitrogen and oxygen atoms in total. The van der Waals surface area contributed by atoms with Gasteiger partial charge in [-0.05, 0) is 42.8 Å². The Bertz CT molecular complexity index is 1260. The fraction of sp³-hybridized carbons (Fsp3) is 0.240. The molecule has 0 saturated carbocycles. The number of nitrogens with zero attached hydrogens (tertiary/aromatic N) is 2. The van der Waals surface area contributed by atoms with Crippen LogP contribution in [0, 0.1) is 0 Å². The number of benzene rings is 3. The summed E-state index contributed by atoms with van der Waals surface area (Å²) < 4.78 is 14.7. The van der Waals surface area contributed by atoms with Crippen LogP contribution >= 0.6 is 0 Å². The van der Waals surface area contributed by atoms with Gasteiger partial charge >= 0.3 is 0 Å². The number of aromatic nitrogens is 1. The van der Waals surface area contributed by atoms with Gasteiger partial charge < -0.3 is 9.47 Å². The van der Waals surface area contributed by atoms with Crippen LogP contribution in [0.25, 0.3) is 21.8 Å². The number of amides is 1. The van der Waals surface area contributed by atoms with Gasteiger partial charge in [0.1, 0.15) is 0 Å². The van der Waals surface area contributed by atoms with Crippen molar-refractivity contribution in [2.45, 2.75) is 31.8 Å². The van der Waals surface area contributed by atoms with E-state index in [1.165, 1.54) is 21.8 Å². The monoisotopic (exact) mass is 418 g/mol. The summed E-state index contributed by atoms with van der Waals surface area (Å²) in [7, 11) is 0.631. The second kappa shape index (κ2) is 8.44. The average Bonchev–Trinajstić information content (AvgIpc) is 3.11. The largest absolute Gasteiger partial charge is 0.341 e. The van der Waals surface area contributed by atoms with Crippen LogP contribution < -0.4 is 0 Å². The number of rotatable bonds is 6. The van der Waals surface area contributed by atoms with Crippen molar-refractivity contribution in [3.05, 3.63) is 77.9 Å². The highest BCUT2D eigenvalue weighted by molar-refractivity contribution is 7.85. The van der Waals surface area contributed by atoms with E-state index in [1.54, 1.807) is 24.1 Å². The van der Waals surface area contributed by atoms with Crippen LogP contribution in [0.3, 0.4) is 0 Å². The second-order valence-corrected chi connectivity index (χ2v) is 9.11. The average molecular weight is 419 g/mol. The fourth-order valence-electron chi connectivity index (χ4n) is 4.09. The molecule has 0 unspecified atom stereocenters. The maximum Gasteiger partial charge on any atom is 0.255 e. The Kier molecular flexibility index (Phi) is 5.73. The van der Waals surface area contributed by atoms with E-state index in [4.69, 9.17) is 0 Å². The Morgan fingerprint density at radius 2 is 1.63 bits per heavy atom. The second-order valence-electron chi connectivity index (χ2n) is 7.40. The molecular formula is C25H26N2O2S. The lowest BCUT2D eigenvalue weighted by Crippen LogP contribution is -2.27. The van der Waals surface area contributed by atoms with Crippen molar-refractivity contribution in [3.63, 3.8) is 0 Å². The molecule has 5 heteroatoms. The number of carbonyl (C=O) groups excluding carboxylic acids is 1. The van der Waals surface area contributed by atoms with Crippen LogP contribution in [0.5, 0.6) is 0 Å². The molecule has 4 rings (SSSR count). The molecule has 0 radical (unpaired) electrons. The van der Waals surface area contributed by atoms with E-state index in [0.29, 0.717) is 22.8 Å². The van der Waals surface area contributed by atoms with Gasteiger partial charge in [-0.25, -0.2) is 0 Å². The highest BCUT2D eigenvalue weighted by Crippen LogP contribution is 2.30. The van der Waals surface area contributed by atoms with Crippen molar-refractivity contribution in [1.82, 2.24) is 9.47 Å². The molecule has 154 valence electrons. The summed E-state index contributed by atoms with van der Waals surface area (Å²) >= 11 is 0. The Labute approximate surface area is 179 Å². The van der Waals surface area contributed by atoms with Crippen LogP contribution in [0.4, 0.5) is 0 Å². The number of carbonyl (C=O) groups is 1. The minimum atomic E-state index is -1.17. The summed E-state index contributed by atoms with van der Waals surface area (Å²) in [4.78, 5) is 15.4. The lowest BCUT2D eigenvalue weighted by Gasteiger charge is -2.19. The summed E-state index contributed by atoms with van der Waals surface area (Å²) in [6, 6.07) is 22.1. The summed E-state index contributed by atoms with van der Waals surface area (Å²) in [5.74, 6) is 0.384. The molecule has 0 N–H and O–H groups in total. The summed E-state index contributed by atoms with van der Waals surface area (Å²) in [5.41, 5.74) is 4.03. The first-order chi connectivity index (χ1) is 14.5. The van der Waals surface area contributed by atoms with Gasteiger partial charge in [0.15, 0.2) is 0 Å². The van der Waals surface area contributed by atoms with Gasteiger partial charge in [-0.1, -0.05) is 43.3 Å². The number of fused-ring (bicyclic) bond motifs is 3. The normalized spacial score (nSPS) is 12.4. The molecular weight excluding hydrogens is 392 g/mol. The molecule has 4 aromatic rings. The van der Waals surface area contributed by atoms with Gasteiger partial charge in [0.05, 0.1) is 21.3 Å². The van der Waals surface area contributed by atoms with Crippen molar-refractivity contribution in [2.24, 2.45) is 0 Å². The van der Waals surface area contributed by atoms with Gasteiger partial charge in [-0.15, -0.1) is 0 Å². The zero-order valence-corrected chi connectivity index (χ0v) is 18.4. The van der Waals surface area contributed by atoms with Gasteiger partial charge in [0.25, 0.3) is 5.91 Å². The van der Waals surface area contributed by atoms with Crippen LogP contribution in [-0.4, -0.2) is 32.4 Å². The maximum absolute atomic E-state index is 13.1. The standard InChI is InChI=1S/C25H26N2O2S/c1-4-27-22-12-8-6-10-19(22)21-16-18(14-15-23(21)27)17-26(3)25(28)20-11-7-9-13-24(20)30(29)5-2/h6-16H,4-5,17H2,1-3H3/t30-/m1/s1. The van der Waals surface area contributed by atoms with Gasteiger partial charge in [-0.3, -0.25) is 9.00 Å². The molecule has 0 aliphatic heterocycles. The molecule has 0 aliphatic carbocycles. The van der Waals surface area contributed by atoms with E-state index in [0.717, 1.165) is 12.1 Å². The third kappa shape index (κ3) is 3.54. The van der Waals surface area contributed by atoms with Crippen LogP contribution in [0.1, 0.15) is 29.8 Å². The quantitative estimate of drug-likeness (QED) is 0.431. The number of hydrogen-bond acceptors (Lipinski definition) is 2. The van der Waals surface area contributed by atoms with Gasteiger partial charge in [0.2, 0.25) is 0 Å². The highest BCUT2D eigenvalue weighted by Gasteiger charge is 2.19. The third-order valence-electron chi connectivity index (χ3n) is 5.54. The minimum absolute atomic E-state index is 0.108. The lowest BCUT2D eigenvalue weighted by molar-refractivity contribution is 0.0781. The molecule has 3 aromatic carbocycles. The van der Waals surface area contributed by atoms with E-state index in [1.807, 2.05) is 19.1 Å². The summed E-state index contributed by atoms with van der Waals surface area (Å²) in [5, 5.41) is 2.44. The first kappa shape index (κ1) is 20.4. The molecule has 0 saturated heterocycles. The van der Waals surface area contributed by atoms with Crippen molar-refractivity contribution >= 4 is 38.5 Å². The third-order valence-corrected chi connectivity index (χ3v) is 6.92. The zero-order chi connectivity index (χ0) is 21.3. The van der Waals surface area contributed by atoms with Gasteiger partial charge in [0, 0.05) is 47.7 Å². The van der Waals surface area contributed by atoms with Crippen LogP contribution in [-0.2, 0) is 23.9 Å². The molecule has 0 aliphatic rings. The molecule has 1 heterocycles. The SMILES string of the molecule is CCn1c2ccccc2c2cc(CN(C)C(=O)c3ccccc3[S@](=O)CC)ccc21. The molecule has 1 amide bonds. The Morgan fingerprint density at radius 3 is 2.40 bits per heavy atom. The smallest absolute Gasteiger partial charge is 0.255 e. The van der Waals surface area contributed by atoms with Crippen molar-refractivity contribution in [3.8, 4) is 0 Å². The van der Waals surface area contributed by atoms with Crippen LogP contribution in [0.2, 0.25) is 0 Å². The predicted molar refractivity (Wildman–Crippen MR) is 124 cm³/mol. The van der Waals surface area contributed by atoms with Crippen LogP contribution in [0.15, 0.2) is 71.6 Å². The summed E-state index contributed by atoms with van der Waals surface area (Å²) in [6.07, 6.45) is 0. The van der Waals surface area contributed by atoms with E-state index in [9.17, 15) is 9.00 Å². The molecule has 0 fully saturated rings. The van der Waals surface area contributed by atoms with E-state index in [-0.39, 0.29) is 5.91 Å². The molecule has 0 spiro atoms. The number of para-hydroxylation sites is 1. The molecule has 1 atom stereocenters. The lowest BCUT2D eigenvalue weighted by atomic mass is 10.1. The van der Waals surface area contributed by atoms with Gasteiger partial charge in [-0.2, -0.15) is 0 Å². The molecule has 30 heavy (non-hydrogen) atoms. The van der Waals surface area contributed by atoms with E-state index in [2.05, 4.69) is 54.0 Å². The molecule has 1 aromatic heterocycles. The number of hydrogen-bond donors (Lipinski definition) is 0. The minimum Gasteiger partial charge on any atom is -0.341 e. The maximum atomic E-state index is 13.1. The van der Waals surface area contributed by atoms with E-state index >= 15 is 0 Å². The zero-order valence-electron chi connectivity index (χ0n) is 17.6. The molecule has 0 bridgehead atoms. The number of aryl methyl sites for hydroxylation is 1.